The first kappa shape index (κ1) is 16.5. The Kier molecular flexibility index (Phi) is 5.84. The highest BCUT2D eigenvalue weighted by atomic mass is 16.5. The van der Waals surface area contributed by atoms with Crippen LogP contribution in [-0.2, 0) is 9.53 Å². The average molecular weight is 269 g/mol. The van der Waals surface area contributed by atoms with Gasteiger partial charge >= 0.3 is 5.97 Å². The van der Waals surface area contributed by atoms with Gasteiger partial charge in [0.25, 0.3) is 0 Å². The molecule has 3 nitrogen and oxygen atoms in total. The predicted molar refractivity (Wildman–Crippen MR) is 79.0 cm³/mol. The summed E-state index contributed by atoms with van der Waals surface area (Å²) in [5.41, 5.74) is 0.141. The Morgan fingerprint density at radius 2 is 1.63 bits per heavy atom. The summed E-state index contributed by atoms with van der Waals surface area (Å²) in [6.45, 7) is 13.5. The van der Waals surface area contributed by atoms with Gasteiger partial charge < -0.3 is 4.74 Å². The van der Waals surface area contributed by atoms with Gasteiger partial charge in [0.2, 0.25) is 0 Å². The van der Waals surface area contributed by atoms with Crippen LogP contribution in [0, 0.1) is 17.8 Å². The zero-order chi connectivity index (χ0) is 14.6. The molecule has 0 bridgehead atoms. The van der Waals surface area contributed by atoms with Crippen LogP contribution in [0.2, 0.25) is 0 Å². The lowest BCUT2D eigenvalue weighted by Gasteiger charge is -2.47. The summed E-state index contributed by atoms with van der Waals surface area (Å²) in [6, 6.07) is 0. The molecule has 3 atom stereocenters. The van der Waals surface area contributed by atoms with Gasteiger partial charge in [-0.25, -0.2) is 0 Å². The molecule has 3 heteroatoms. The van der Waals surface area contributed by atoms with Gasteiger partial charge in [0.15, 0.2) is 0 Å². The quantitative estimate of drug-likeness (QED) is 0.717. The van der Waals surface area contributed by atoms with E-state index in [1.807, 2.05) is 6.92 Å². The molecule has 1 rings (SSSR count). The summed E-state index contributed by atoms with van der Waals surface area (Å²) in [5.74, 6) is 0.655. The number of ether oxygens (including phenoxy) is 1. The number of likely N-dealkylation sites (tertiary alicyclic amines) is 1. The van der Waals surface area contributed by atoms with Crippen molar-refractivity contribution >= 4 is 5.97 Å². The Labute approximate surface area is 118 Å². The van der Waals surface area contributed by atoms with Gasteiger partial charge in [-0.1, -0.05) is 27.2 Å². The molecule has 0 spiro atoms. The molecule has 1 fully saturated rings. The highest BCUT2D eigenvalue weighted by Gasteiger charge is 2.39. The molecule has 112 valence electrons. The van der Waals surface area contributed by atoms with Crippen LogP contribution in [-0.4, -0.2) is 36.6 Å². The molecule has 0 N–H and O–H groups in total. The topological polar surface area (TPSA) is 29.5 Å². The van der Waals surface area contributed by atoms with Crippen LogP contribution in [0.5, 0.6) is 0 Å². The molecule has 1 saturated heterocycles. The van der Waals surface area contributed by atoms with E-state index in [0.717, 1.165) is 0 Å². The lowest BCUT2D eigenvalue weighted by Crippen LogP contribution is -2.53. The molecular weight excluding hydrogens is 238 g/mol. The second-order valence-electron chi connectivity index (χ2n) is 6.66. The van der Waals surface area contributed by atoms with E-state index in [0.29, 0.717) is 11.8 Å². The minimum absolute atomic E-state index is 0.0379. The van der Waals surface area contributed by atoms with E-state index < -0.39 is 0 Å². The lowest BCUT2D eigenvalue weighted by molar-refractivity contribution is -0.148. The summed E-state index contributed by atoms with van der Waals surface area (Å²) in [6.07, 6.45) is 3.96. The van der Waals surface area contributed by atoms with E-state index in [9.17, 15) is 4.79 Å². The maximum Gasteiger partial charge on any atom is 0.308 e. The van der Waals surface area contributed by atoms with Crippen molar-refractivity contribution in [2.24, 2.45) is 17.8 Å². The smallest absolute Gasteiger partial charge is 0.308 e. The first-order chi connectivity index (χ1) is 8.82. The molecule has 0 aromatic carbocycles. The van der Waals surface area contributed by atoms with Crippen molar-refractivity contribution < 1.29 is 9.53 Å². The number of carbonyl (C=O) groups is 1. The van der Waals surface area contributed by atoms with Crippen molar-refractivity contribution in [3.05, 3.63) is 0 Å². The number of hydrogen-bond acceptors (Lipinski definition) is 3. The van der Waals surface area contributed by atoms with Gasteiger partial charge in [-0.15, -0.1) is 0 Å². The van der Waals surface area contributed by atoms with Crippen molar-refractivity contribution in [1.82, 2.24) is 4.90 Å². The van der Waals surface area contributed by atoms with Gasteiger partial charge in [-0.05, 0) is 51.6 Å². The number of carbonyl (C=O) groups excluding carboxylic acids is 1. The first-order valence-corrected chi connectivity index (χ1v) is 7.65. The van der Waals surface area contributed by atoms with E-state index in [1.165, 1.54) is 39.5 Å². The summed E-state index contributed by atoms with van der Waals surface area (Å²) >= 11 is 0. The predicted octanol–water partition coefficient (Wildman–Crippen LogP) is 3.33. The molecular formula is C16H31NO2. The minimum Gasteiger partial charge on any atom is -0.469 e. The van der Waals surface area contributed by atoms with E-state index in [-0.39, 0.29) is 17.4 Å². The second kappa shape index (κ2) is 6.74. The molecule has 0 aromatic heterocycles. The van der Waals surface area contributed by atoms with Crippen LogP contribution in [0.4, 0.5) is 0 Å². The summed E-state index contributed by atoms with van der Waals surface area (Å²) in [5, 5.41) is 0. The Bertz CT molecular complexity index is 295. The Balaban J connectivity index is 2.72. The monoisotopic (exact) mass is 269 g/mol. The normalized spacial score (nSPS) is 22.6. The third-order valence-electron chi connectivity index (χ3n) is 5.44. The number of nitrogens with zero attached hydrogens (tertiary/aromatic N) is 1. The summed E-state index contributed by atoms with van der Waals surface area (Å²) in [7, 11) is 1.48. The van der Waals surface area contributed by atoms with E-state index in [2.05, 4.69) is 32.6 Å². The molecule has 19 heavy (non-hydrogen) atoms. The van der Waals surface area contributed by atoms with Crippen LogP contribution in [0.3, 0.4) is 0 Å². The molecule has 0 amide bonds. The van der Waals surface area contributed by atoms with Gasteiger partial charge in [-0.2, -0.15) is 0 Å². The van der Waals surface area contributed by atoms with Crippen molar-refractivity contribution in [2.45, 2.75) is 59.4 Å². The van der Waals surface area contributed by atoms with E-state index >= 15 is 0 Å². The molecule has 1 heterocycles. The third kappa shape index (κ3) is 3.71. The number of methoxy groups -OCH3 is 1. The molecule has 1 aliphatic rings. The van der Waals surface area contributed by atoms with Crippen molar-refractivity contribution in [3.63, 3.8) is 0 Å². The van der Waals surface area contributed by atoms with Crippen LogP contribution in [0.25, 0.3) is 0 Å². The molecule has 0 aliphatic carbocycles. The van der Waals surface area contributed by atoms with E-state index in [1.54, 1.807) is 0 Å². The van der Waals surface area contributed by atoms with Gasteiger partial charge in [0.1, 0.15) is 0 Å². The number of rotatable bonds is 5. The fourth-order valence-corrected chi connectivity index (χ4v) is 3.24. The van der Waals surface area contributed by atoms with Crippen LogP contribution in [0.15, 0.2) is 0 Å². The van der Waals surface area contributed by atoms with Gasteiger partial charge in [0, 0.05) is 5.54 Å². The minimum atomic E-state index is -0.0891. The number of hydrogen-bond donors (Lipinski definition) is 0. The Morgan fingerprint density at radius 1 is 1.11 bits per heavy atom. The number of piperidine rings is 1. The highest BCUT2D eigenvalue weighted by Crippen LogP contribution is 2.35. The Morgan fingerprint density at radius 3 is 2.11 bits per heavy atom. The first-order valence-electron chi connectivity index (χ1n) is 7.65. The maximum atomic E-state index is 11.7. The molecule has 0 saturated carbocycles. The highest BCUT2D eigenvalue weighted by molar-refractivity contribution is 5.72. The van der Waals surface area contributed by atoms with Crippen molar-refractivity contribution in [1.29, 1.82) is 0 Å². The van der Waals surface area contributed by atoms with Crippen LogP contribution in [0.1, 0.15) is 53.9 Å². The van der Waals surface area contributed by atoms with E-state index in [4.69, 9.17) is 4.74 Å². The SMILES string of the molecule is COC(=O)C(C)C(C)C(C)C(C)(C)N1CCCCC1. The zero-order valence-electron chi connectivity index (χ0n) is 13.5. The fourth-order valence-electron chi connectivity index (χ4n) is 3.24. The standard InChI is InChI=1S/C16H31NO2/c1-12(13(2)15(18)19-6)14(3)16(4,5)17-10-8-7-9-11-17/h12-14H,7-11H2,1-6H3. The molecule has 0 aromatic rings. The fraction of sp³-hybridized carbons (Fsp3) is 0.938. The largest absolute Gasteiger partial charge is 0.469 e. The van der Waals surface area contributed by atoms with Crippen molar-refractivity contribution in [2.75, 3.05) is 20.2 Å². The lowest BCUT2D eigenvalue weighted by atomic mass is 9.73. The van der Waals surface area contributed by atoms with Gasteiger partial charge in [-0.3, -0.25) is 9.69 Å². The summed E-state index contributed by atoms with van der Waals surface area (Å²) in [4.78, 5) is 14.3. The van der Waals surface area contributed by atoms with Crippen LogP contribution >= 0.6 is 0 Å². The Hall–Kier alpha value is -0.570. The number of esters is 1. The summed E-state index contributed by atoms with van der Waals surface area (Å²) < 4.78 is 4.89. The average Bonchev–Trinajstić information content (AvgIpc) is 2.44. The zero-order valence-corrected chi connectivity index (χ0v) is 13.5. The maximum absolute atomic E-state index is 11.7. The molecule has 1 aliphatic heterocycles. The second-order valence-corrected chi connectivity index (χ2v) is 6.66. The molecule has 0 radical (unpaired) electrons. The van der Waals surface area contributed by atoms with Gasteiger partial charge in [0.05, 0.1) is 13.0 Å². The molecule has 3 unspecified atom stereocenters. The van der Waals surface area contributed by atoms with Crippen molar-refractivity contribution in [3.8, 4) is 0 Å². The third-order valence-corrected chi connectivity index (χ3v) is 5.44. The van der Waals surface area contributed by atoms with Crippen LogP contribution < -0.4 is 0 Å².